The largest absolute Gasteiger partial charge is 0.497 e. The Hall–Kier alpha value is -1.26. The summed E-state index contributed by atoms with van der Waals surface area (Å²) in [6.07, 6.45) is 2.42. The second-order valence-electron chi connectivity index (χ2n) is 4.65. The van der Waals surface area contributed by atoms with Gasteiger partial charge in [-0.1, -0.05) is 6.07 Å². The van der Waals surface area contributed by atoms with Crippen LogP contribution in [0.3, 0.4) is 0 Å². The van der Waals surface area contributed by atoms with Crippen LogP contribution < -0.4 is 14.8 Å². The quantitative estimate of drug-likeness (QED) is 0.829. The van der Waals surface area contributed by atoms with E-state index in [0.29, 0.717) is 6.42 Å². The SMILES string of the molecule is COc1ccc(CC(O)C2CCCN2)c(OC)c1. The van der Waals surface area contributed by atoms with Gasteiger partial charge in [-0.15, -0.1) is 0 Å². The van der Waals surface area contributed by atoms with Crippen molar-refractivity contribution >= 4 is 0 Å². The summed E-state index contributed by atoms with van der Waals surface area (Å²) in [4.78, 5) is 0. The van der Waals surface area contributed by atoms with Crippen molar-refractivity contribution < 1.29 is 14.6 Å². The number of hydrogen-bond donors (Lipinski definition) is 2. The first-order valence-electron chi connectivity index (χ1n) is 6.37. The molecule has 1 fully saturated rings. The van der Waals surface area contributed by atoms with E-state index in [0.717, 1.165) is 36.4 Å². The van der Waals surface area contributed by atoms with Crippen molar-refractivity contribution in [1.82, 2.24) is 5.32 Å². The van der Waals surface area contributed by atoms with Gasteiger partial charge in [0, 0.05) is 18.5 Å². The highest BCUT2D eigenvalue weighted by Crippen LogP contribution is 2.26. The summed E-state index contributed by atoms with van der Waals surface area (Å²) in [6, 6.07) is 5.91. The fourth-order valence-electron chi connectivity index (χ4n) is 2.43. The molecule has 2 N–H and O–H groups in total. The van der Waals surface area contributed by atoms with Gasteiger partial charge in [0.2, 0.25) is 0 Å². The molecule has 2 unspecified atom stereocenters. The summed E-state index contributed by atoms with van der Waals surface area (Å²) in [5.41, 5.74) is 1.01. The van der Waals surface area contributed by atoms with Gasteiger partial charge in [0.25, 0.3) is 0 Å². The zero-order valence-corrected chi connectivity index (χ0v) is 11.0. The molecule has 0 spiro atoms. The highest BCUT2D eigenvalue weighted by atomic mass is 16.5. The molecule has 1 aromatic carbocycles. The minimum Gasteiger partial charge on any atom is -0.497 e. The first-order chi connectivity index (χ1) is 8.74. The zero-order valence-electron chi connectivity index (χ0n) is 11.0. The molecule has 0 saturated carbocycles. The van der Waals surface area contributed by atoms with E-state index in [2.05, 4.69) is 5.32 Å². The Morgan fingerprint density at radius 2 is 2.22 bits per heavy atom. The normalized spacial score (nSPS) is 20.7. The highest BCUT2D eigenvalue weighted by molar-refractivity contribution is 5.41. The molecule has 0 aliphatic carbocycles. The van der Waals surface area contributed by atoms with Gasteiger partial charge in [0.05, 0.1) is 20.3 Å². The first kappa shape index (κ1) is 13.2. The molecule has 1 aromatic rings. The number of benzene rings is 1. The number of ether oxygens (including phenoxy) is 2. The summed E-state index contributed by atoms with van der Waals surface area (Å²) in [5.74, 6) is 1.54. The second-order valence-corrected chi connectivity index (χ2v) is 4.65. The molecule has 1 heterocycles. The van der Waals surface area contributed by atoms with Gasteiger partial charge in [-0.3, -0.25) is 0 Å². The van der Waals surface area contributed by atoms with Crippen LogP contribution in [-0.4, -0.2) is 38.0 Å². The van der Waals surface area contributed by atoms with Gasteiger partial charge in [-0.05, 0) is 31.0 Å². The zero-order chi connectivity index (χ0) is 13.0. The van der Waals surface area contributed by atoms with E-state index in [-0.39, 0.29) is 12.1 Å². The van der Waals surface area contributed by atoms with Crippen LogP contribution in [0.2, 0.25) is 0 Å². The smallest absolute Gasteiger partial charge is 0.125 e. The van der Waals surface area contributed by atoms with E-state index in [9.17, 15) is 5.11 Å². The van der Waals surface area contributed by atoms with Gasteiger partial charge in [-0.25, -0.2) is 0 Å². The van der Waals surface area contributed by atoms with Crippen LogP contribution in [0.4, 0.5) is 0 Å². The van der Waals surface area contributed by atoms with E-state index >= 15 is 0 Å². The van der Waals surface area contributed by atoms with E-state index in [1.807, 2.05) is 18.2 Å². The minimum absolute atomic E-state index is 0.205. The molecule has 1 aliphatic heterocycles. The molecule has 0 amide bonds. The Labute approximate surface area is 108 Å². The third-order valence-corrected chi connectivity index (χ3v) is 3.49. The molecule has 1 aliphatic rings. The van der Waals surface area contributed by atoms with Crippen LogP contribution in [0.1, 0.15) is 18.4 Å². The molecular weight excluding hydrogens is 230 g/mol. The fourth-order valence-corrected chi connectivity index (χ4v) is 2.43. The Morgan fingerprint density at radius 1 is 1.39 bits per heavy atom. The molecule has 2 atom stereocenters. The standard InChI is InChI=1S/C14H21NO3/c1-17-11-6-5-10(14(9-11)18-2)8-13(16)12-4-3-7-15-12/h5-6,9,12-13,15-16H,3-4,7-8H2,1-2H3. The summed E-state index contributed by atoms with van der Waals surface area (Å²) in [6.45, 7) is 1.00. The molecule has 18 heavy (non-hydrogen) atoms. The fraction of sp³-hybridized carbons (Fsp3) is 0.571. The van der Waals surface area contributed by atoms with Crippen LogP contribution in [0.25, 0.3) is 0 Å². The molecular formula is C14H21NO3. The average Bonchev–Trinajstić information content (AvgIpc) is 2.93. The maximum absolute atomic E-state index is 10.2. The molecule has 1 saturated heterocycles. The number of hydrogen-bond acceptors (Lipinski definition) is 4. The van der Waals surface area contributed by atoms with Crippen LogP contribution in [-0.2, 0) is 6.42 Å². The van der Waals surface area contributed by atoms with Gasteiger partial charge in [-0.2, -0.15) is 0 Å². The lowest BCUT2D eigenvalue weighted by Crippen LogP contribution is -2.36. The predicted octanol–water partition coefficient (Wildman–Crippen LogP) is 1.36. The van der Waals surface area contributed by atoms with E-state index < -0.39 is 0 Å². The lowest BCUT2D eigenvalue weighted by molar-refractivity contribution is 0.135. The maximum atomic E-state index is 10.2. The molecule has 0 bridgehead atoms. The van der Waals surface area contributed by atoms with Crippen molar-refractivity contribution in [3.63, 3.8) is 0 Å². The third kappa shape index (κ3) is 2.94. The highest BCUT2D eigenvalue weighted by Gasteiger charge is 2.23. The number of aliphatic hydroxyl groups excluding tert-OH is 1. The van der Waals surface area contributed by atoms with Crippen molar-refractivity contribution in [2.45, 2.75) is 31.4 Å². The van der Waals surface area contributed by atoms with Crippen molar-refractivity contribution in [2.75, 3.05) is 20.8 Å². The molecule has 2 rings (SSSR count). The maximum Gasteiger partial charge on any atom is 0.125 e. The molecule has 0 aromatic heterocycles. The Morgan fingerprint density at radius 3 is 2.83 bits per heavy atom. The van der Waals surface area contributed by atoms with Gasteiger partial charge in [0.1, 0.15) is 11.5 Å². The monoisotopic (exact) mass is 251 g/mol. The van der Waals surface area contributed by atoms with Crippen molar-refractivity contribution in [2.24, 2.45) is 0 Å². The molecule has 100 valence electrons. The second kappa shape index (κ2) is 6.07. The van der Waals surface area contributed by atoms with Crippen molar-refractivity contribution in [3.8, 4) is 11.5 Å². The van der Waals surface area contributed by atoms with Crippen molar-refractivity contribution in [1.29, 1.82) is 0 Å². The van der Waals surface area contributed by atoms with E-state index in [1.54, 1.807) is 14.2 Å². The number of aliphatic hydroxyl groups is 1. The minimum atomic E-state index is -0.366. The van der Waals surface area contributed by atoms with Crippen LogP contribution in [0.5, 0.6) is 11.5 Å². The van der Waals surface area contributed by atoms with Crippen LogP contribution in [0.15, 0.2) is 18.2 Å². The Bertz CT molecular complexity index is 389. The summed E-state index contributed by atoms with van der Waals surface area (Å²) >= 11 is 0. The first-order valence-corrected chi connectivity index (χ1v) is 6.37. The van der Waals surface area contributed by atoms with Gasteiger partial charge < -0.3 is 19.9 Å². The number of methoxy groups -OCH3 is 2. The van der Waals surface area contributed by atoms with Gasteiger partial charge in [0.15, 0.2) is 0 Å². The van der Waals surface area contributed by atoms with E-state index in [4.69, 9.17) is 9.47 Å². The predicted molar refractivity (Wildman–Crippen MR) is 70.3 cm³/mol. The lowest BCUT2D eigenvalue weighted by atomic mass is 10.00. The molecule has 0 radical (unpaired) electrons. The summed E-state index contributed by atoms with van der Waals surface area (Å²) in [5, 5.41) is 13.5. The average molecular weight is 251 g/mol. The van der Waals surface area contributed by atoms with E-state index in [1.165, 1.54) is 0 Å². The van der Waals surface area contributed by atoms with Crippen molar-refractivity contribution in [3.05, 3.63) is 23.8 Å². The van der Waals surface area contributed by atoms with Gasteiger partial charge >= 0.3 is 0 Å². The van der Waals surface area contributed by atoms with Crippen LogP contribution in [0, 0.1) is 0 Å². The Kier molecular flexibility index (Phi) is 4.44. The summed E-state index contributed by atoms with van der Waals surface area (Å²) in [7, 11) is 3.27. The number of rotatable bonds is 5. The van der Waals surface area contributed by atoms with Crippen LogP contribution >= 0.6 is 0 Å². The molecule has 4 nitrogen and oxygen atoms in total. The molecule has 4 heteroatoms. The summed E-state index contributed by atoms with van der Waals surface area (Å²) < 4.78 is 10.5. The lowest BCUT2D eigenvalue weighted by Gasteiger charge is -2.19. The Balaban J connectivity index is 2.07. The topological polar surface area (TPSA) is 50.7 Å². The number of nitrogens with one attached hydrogen (secondary N) is 1. The third-order valence-electron chi connectivity index (χ3n) is 3.49.